The lowest BCUT2D eigenvalue weighted by Crippen LogP contribution is -2.38. The van der Waals surface area contributed by atoms with Crippen molar-refractivity contribution in [2.24, 2.45) is 13.0 Å². The van der Waals surface area contributed by atoms with Gasteiger partial charge >= 0.3 is 0 Å². The van der Waals surface area contributed by atoms with E-state index < -0.39 is 0 Å². The maximum absolute atomic E-state index is 12.7. The molecule has 6 nitrogen and oxygen atoms in total. The normalized spacial score (nSPS) is 16.6. The molecule has 0 unspecified atom stereocenters. The predicted molar refractivity (Wildman–Crippen MR) is 89.7 cm³/mol. The van der Waals surface area contributed by atoms with Crippen LogP contribution >= 0.6 is 0 Å². The van der Waals surface area contributed by atoms with E-state index in [9.17, 15) is 4.79 Å². The summed E-state index contributed by atoms with van der Waals surface area (Å²) in [5.74, 6) is 1.53. The fourth-order valence-corrected chi connectivity index (χ4v) is 3.06. The molecule has 1 saturated heterocycles. The number of imidazole rings is 1. The number of ether oxygens (including phenoxy) is 2. The first-order valence-corrected chi connectivity index (χ1v) is 8.19. The molecule has 1 aromatic carbocycles. The molecule has 6 heteroatoms. The summed E-state index contributed by atoms with van der Waals surface area (Å²) in [6.45, 7) is 1.28. The highest BCUT2D eigenvalue weighted by Gasteiger charge is 2.28. The van der Waals surface area contributed by atoms with Crippen LogP contribution in [0.3, 0.4) is 0 Å². The average molecular weight is 329 g/mol. The Morgan fingerprint density at radius 1 is 1.38 bits per heavy atom. The van der Waals surface area contributed by atoms with Crippen LogP contribution in [0.4, 0.5) is 0 Å². The Bertz CT molecular complexity index is 692. The fourth-order valence-electron chi connectivity index (χ4n) is 3.06. The Labute approximate surface area is 141 Å². The number of benzene rings is 1. The summed E-state index contributed by atoms with van der Waals surface area (Å²) in [5.41, 5.74) is 0.898. The molecule has 1 aliphatic heterocycles. The SMILES string of the molecule is COc1ccccc1[C@H](NC(=O)C1CCOCC1)c1nccn1C. The molecule has 1 fully saturated rings. The first kappa shape index (κ1) is 16.5. The van der Waals surface area contributed by atoms with Gasteiger partial charge in [0.05, 0.1) is 7.11 Å². The molecule has 1 N–H and O–H groups in total. The minimum Gasteiger partial charge on any atom is -0.496 e. The van der Waals surface area contributed by atoms with E-state index in [4.69, 9.17) is 9.47 Å². The van der Waals surface area contributed by atoms with Gasteiger partial charge < -0.3 is 19.4 Å². The van der Waals surface area contributed by atoms with Crippen LogP contribution in [0.5, 0.6) is 5.75 Å². The topological polar surface area (TPSA) is 65.4 Å². The van der Waals surface area contributed by atoms with Gasteiger partial charge in [-0.1, -0.05) is 18.2 Å². The van der Waals surface area contributed by atoms with Gasteiger partial charge in [-0.05, 0) is 18.9 Å². The van der Waals surface area contributed by atoms with Crippen LogP contribution in [-0.2, 0) is 16.6 Å². The fraction of sp³-hybridized carbons (Fsp3) is 0.444. The summed E-state index contributed by atoms with van der Waals surface area (Å²) in [5, 5.41) is 3.16. The van der Waals surface area contributed by atoms with E-state index in [1.807, 2.05) is 42.1 Å². The third-order valence-corrected chi connectivity index (χ3v) is 4.45. The van der Waals surface area contributed by atoms with E-state index in [1.165, 1.54) is 0 Å². The smallest absolute Gasteiger partial charge is 0.224 e. The number of carbonyl (C=O) groups excluding carboxylic acids is 1. The van der Waals surface area contributed by atoms with Crippen molar-refractivity contribution in [2.75, 3.05) is 20.3 Å². The molecule has 0 aliphatic carbocycles. The molecular formula is C18H23N3O3. The number of rotatable bonds is 5. The zero-order chi connectivity index (χ0) is 16.9. The average Bonchev–Trinajstić information content (AvgIpc) is 3.06. The van der Waals surface area contributed by atoms with E-state index >= 15 is 0 Å². The van der Waals surface area contributed by atoms with Gasteiger partial charge in [0.1, 0.15) is 17.6 Å². The molecule has 128 valence electrons. The molecule has 0 spiro atoms. The molecule has 2 heterocycles. The van der Waals surface area contributed by atoms with Crippen LogP contribution < -0.4 is 10.1 Å². The Balaban J connectivity index is 1.91. The van der Waals surface area contributed by atoms with Crippen LogP contribution in [-0.4, -0.2) is 35.8 Å². The van der Waals surface area contributed by atoms with Crippen LogP contribution in [0.1, 0.15) is 30.3 Å². The molecule has 1 atom stereocenters. The van der Waals surface area contributed by atoms with Crippen molar-refractivity contribution >= 4 is 5.91 Å². The second-order valence-corrected chi connectivity index (χ2v) is 5.97. The maximum atomic E-state index is 12.7. The van der Waals surface area contributed by atoms with Crippen molar-refractivity contribution < 1.29 is 14.3 Å². The number of nitrogens with zero attached hydrogens (tertiary/aromatic N) is 2. The molecule has 1 amide bonds. The highest BCUT2D eigenvalue weighted by molar-refractivity contribution is 5.79. The van der Waals surface area contributed by atoms with Crippen LogP contribution in [0.15, 0.2) is 36.7 Å². The van der Waals surface area contributed by atoms with Crippen molar-refractivity contribution in [2.45, 2.75) is 18.9 Å². The van der Waals surface area contributed by atoms with Gasteiger partial charge in [0.25, 0.3) is 0 Å². The van der Waals surface area contributed by atoms with Crippen molar-refractivity contribution in [1.82, 2.24) is 14.9 Å². The van der Waals surface area contributed by atoms with E-state index in [0.717, 1.165) is 30.0 Å². The lowest BCUT2D eigenvalue weighted by atomic mass is 9.97. The molecule has 0 saturated carbocycles. The van der Waals surface area contributed by atoms with Gasteiger partial charge in [-0.15, -0.1) is 0 Å². The largest absolute Gasteiger partial charge is 0.496 e. The molecule has 2 aromatic rings. The van der Waals surface area contributed by atoms with Crippen molar-refractivity contribution in [3.63, 3.8) is 0 Å². The highest BCUT2D eigenvalue weighted by atomic mass is 16.5. The van der Waals surface area contributed by atoms with Gasteiger partial charge in [-0.2, -0.15) is 0 Å². The minimum atomic E-state index is -0.350. The maximum Gasteiger partial charge on any atom is 0.224 e. The Morgan fingerprint density at radius 3 is 2.79 bits per heavy atom. The summed E-state index contributed by atoms with van der Waals surface area (Å²) in [6, 6.07) is 7.36. The second kappa shape index (κ2) is 7.49. The lowest BCUT2D eigenvalue weighted by Gasteiger charge is -2.26. The van der Waals surface area contributed by atoms with E-state index in [1.54, 1.807) is 13.3 Å². The van der Waals surface area contributed by atoms with Crippen LogP contribution in [0, 0.1) is 5.92 Å². The van der Waals surface area contributed by atoms with E-state index in [2.05, 4.69) is 10.3 Å². The number of amides is 1. The molecular weight excluding hydrogens is 306 g/mol. The standard InChI is InChI=1S/C18H23N3O3/c1-21-10-9-19-17(21)16(14-5-3-4-6-15(14)23-2)20-18(22)13-7-11-24-12-8-13/h3-6,9-10,13,16H,7-8,11-12H2,1-2H3,(H,20,22)/t16-/m0/s1. The molecule has 3 rings (SSSR count). The summed E-state index contributed by atoms with van der Waals surface area (Å²) in [4.78, 5) is 17.2. The third-order valence-electron chi connectivity index (χ3n) is 4.45. The number of para-hydroxylation sites is 1. The van der Waals surface area contributed by atoms with Gasteiger partial charge in [-0.25, -0.2) is 4.98 Å². The lowest BCUT2D eigenvalue weighted by molar-refractivity contribution is -0.128. The highest BCUT2D eigenvalue weighted by Crippen LogP contribution is 2.29. The summed E-state index contributed by atoms with van der Waals surface area (Å²) in [6.07, 6.45) is 5.12. The van der Waals surface area contributed by atoms with E-state index in [-0.39, 0.29) is 17.9 Å². The zero-order valence-corrected chi connectivity index (χ0v) is 14.1. The van der Waals surface area contributed by atoms with Crippen molar-refractivity contribution in [3.05, 3.63) is 48.0 Å². The Hall–Kier alpha value is -2.34. The number of methoxy groups -OCH3 is 1. The molecule has 24 heavy (non-hydrogen) atoms. The first-order chi connectivity index (χ1) is 11.7. The number of hydrogen-bond donors (Lipinski definition) is 1. The quantitative estimate of drug-likeness (QED) is 0.912. The number of nitrogens with one attached hydrogen (secondary N) is 1. The van der Waals surface area contributed by atoms with E-state index in [0.29, 0.717) is 13.2 Å². The van der Waals surface area contributed by atoms with Gasteiger partial charge in [0, 0.05) is 44.1 Å². The first-order valence-electron chi connectivity index (χ1n) is 8.19. The second-order valence-electron chi connectivity index (χ2n) is 5.97. The van der Waals surface area contributed by atoms with Crippen LogP contribution in [0.25, 0.3) is 0 Å². The van der Waals surface area contributed by atoms with Crippen molar-refractivity contribution in [1.29, 1.82) is 0 Å². The summed E-state index contributed by atoms with van der Waals surface area (Å²) < 4.78 is 12.8. The Morgan fingerprint density at radius 2 is 2.12 bits per heavy atom. The van der Waals surface area contributed by atoms with Gasteiger partial charge in [-0.3, -0.25) is 4.79 Å². The Kier molecular flexibility index (Phi) is 5.15. The van der Waals surface area contributed by atoms with Gasteiger partial charge in [0.15, 0.2) is 0 Å². The van der Waals surface area contributed by atoms with Gasteiger partial charge in [0.2, 0.25) is 5.91 Å². The number of hydrogen-bond acceptors (Lipinski definition) is 4. The number of carbonyl (C=O) groups is 1. The zero-order valence-electron chi connectivity index (χ0n) is 14.1. The molecule has 1 aromatic heterocycles. The third kappa shape index (κ3) is 3.43. The van der Waals surface area contributed by atoms with Crippen LogP contribution in [0.2, 0.25) is 0 Å². The summed E-state index contributed by atoms with van der Waals surface area (Å²) in [7, 11) is 3.56. The number of aryl methyl sites for hydroxylation is 1. The monoisotopic (exact) mass is 329 g/mol. The number of aromatic nitrogens is 2. The molecule has 0 radical (unpaired) electrons. The summed E-state index contributed by atoms with van der Waals surface area (Å²) >= 11 is 0. The minimum absolute atomic E-state index is 0.0174. The molecule has 0 bridgehead atoms. The van der Waals surface area contributed by atoms with Crippen molar-refractivity contribution in [3.8, 4) is 5.75 Å². The molecule has 1 aliphatic rings. The predicted octanol–water partition coefficient (Wildman–Crippen LogP) is 2.06.